The Kier molecular flexibility index (Phi) is 4.63. The molecular formula is C13H22N2O4. The standard InChI is InChI=1S/C13H22N2O4/c16-11-5-7-15(8-6-11)13(19)14-10-3-1-9(2-4-10)12(17)18/h9-11,16H,1-8H2,(H,14,19)(H,17,18). The fourth-order valence-corrected chi connectivity index (χ4v) is 2.82. The predicted octanol–water partition coefficient (Wildman–Crippen LogP) is 0.796. The number of nitrogens with one attached hydrogen (secondary N) is 1. The van der Waals surface area contributed by atoms with Crippen molar-refractivity contribution in [2.75, 3.05) is 13.1 Å². The summed E-state index contributed by atoms with van der Waals surface area (Å²) in [6.45, 7) is 1.19. The van der Waals surface area contributed by atoms with Gasteiger partial charge < -0.3 is 20.4 Å². The Balaban J connectivity index is 1.73. The molecule has 0 bridgehead atoms. The van der Waals surface area contributed by atoms with Gasteiger partial charge >= 0.3 is 12.0 Å². The first kappa shape index (κ1) is 14.1. The molecule has 2 aliphatic rings. The van der Waals surface area contributed by atoms with Gasteiger partial charge in [0.2, 0.25) is 0 Å². The van der Waals surface area contributed by atoms with E-state index in [4.69, 9.17) is 5.11 Å². The van der Waals surface area contributed by atoms with Crippen molar-refractivity contribution in [3.05, 3.63) is 0 Å². The van der Waals surface area contributed by atoms with Crippen molar-refractivity contribution in [1.82, 2.24) is 10.2 Å². The smallest absolute Gasteiger partial charge is 0.317 e. The summed E-state index contributed by atoms with van der Waals surface area (Å²) in [5, 5.41) is 21.3. The molecule has 0 aromatic heterocycles. The number of hydrogen-bond donors (Lipinski definition) is 3. The van der Waals surface area contributed by atoms with Crippen LogP contribution >= 0.6 is 0 Å². The van der Waals surface area contributed by atoms with Crippen LogP contribution in [0, 0.1) is 5.92 Å². The zero-order chi connectivity index (χ0) is 13.8. The summed E-state index contributed by atoms with van der Waals surface area (Å²) in [6.07, 6.45) is 3.74. The third kappa shape index (κ3) is 3.83. The zero-order valence-electron chi connectivity index (χ0n) is 11.0. The minimum atomic E-state index is -0.727. The highest BCUT2D eigenvalue weighted by atomic mass is 16.4. The number of aliphatic carboxylic acids is 1. The lowest BCUT2D eigenvalue weighted by Crippen LogP contribution is -2.49. The van der Waals surface area contributed by atoms with E-state index in [1.807, 2.05) is 0 Å². The van der Waals surface area contributed by atoms with Crippen LogP contribution in [0.1, 0.15) is 38.5 Å². The largest absolute Gasteiger partial charge is 0.481 e. The van der Waals surface area contributed by atoms with Gasteiger partial charge in [-0.15, -0.1) is 0 Å². The molecule has 0 radical (unpaired) electrons. The summed E-state index contributed by atoms with van der Waals surface area (Å²) < 4.78 is 0. The third-order valence-corrected chi connectivity index (χ3v) is 4.16. The molecule has 0 aromatic rings. The molecule has 1 heterocycles. The molecule has 6 heteroatoms. The van der Waals surface area contributed by atoms with E-state index >= 15 is 0 Å². The second kappa shape index (κ2) is 6.23. The Morgan fingerprint density at radius 1 is 1.00 bits per heavy atom. The lowest BCUT2D eigenvalue weighted by molar-refractivity contribution is -0.142. The van der Waals surface area contributed by atoms with Crippen molar-refractivity contribution < 1.29 is 19.8 Å². The molecule has 0 spiro atoms. The lowest BCUT2D eigenvalue weighted by atomic mass is 9.86. The monoisotopic (exact) mass is 270 g/mol. The van der Waals surface area contributed by atoms with Crippen molar-refractivity contribution in [2.45, 2.75) is 50.7 Å². The third-order valence-electron chi connectivity index (χ3n) is 4.16. The summed E-state index contributed by atoms with van der Waals surface area (Å²) in [5.41, 5.74) is 0. The number of carboxylic acids is 1. The molecule has 1 saturated carbocycles. The van der Waals surface area contributed by atoms with E-state index in [0.29, 0.717) is 38.8 Å². The molecule has 2 fully saturated rings. The molecule has 108 valence electrons. The summed E-state index contributed by atoms with van der Waals surface area (Å²) in [6, 6.07) is 0.0145. The van der Waals surface area contributed by atoms with E-state index in [0.717, 1.165) is 12.8 Å². The molecule has 0 aromatic carbocycles. The van der Waals surface area contributed by atoms with Gasteiger partial charge in [-0.2, -0.15) is 0 Å². The topological polar surface area (TPSA) is 89.9 Å². The van der Waals surface area contributed by atoms with E-state index in [1.165, 1.54) is 0 Å². The number of hydrogen-bond acceptors (Lipinski definition) is 3. The Bertz CT molecular complexity index is 332. The van der Waals surface area contributed by atoms with Gasteiger partial charge in [0.25, 0.3) is 0 Å². The molecule has 0 unspecified atom stereocenters. The quantitative estimate of drug-likeness (QED) is 0.692. The highest BCUT2D eigenvalue weighted by Crippen LogP contribution is 2.24. The Hall–Kier alpha value is -1.30. The number of carboxylic acid groups (broad SMARTS) is 1. The Labute approximate surface area is 112 Å². The van der Waals surface area contributed by atoms with Crippen molar-refractivity contribution >= 4 is 12.0 Å². The average Bonchev–Trinajstić information content (AvgIpc) is 2.40. The Morgan fingerprint density at radius 3 is 2.11 bits per heavy atom. The number of urea groups is 1. The summed E-state index contributed by atoms with van der Waals surface area (Å²) in [4.78, 5) is 24.6. The lowest BCUT2D eigenvalue weighted by Gasteiger charge is -2.33. The highest BCUT2D eigenvalue weighted by molar-refractivity contribution is 5.74. The maximum atomic E-state index is 12.0. The summed E-state index contributed by atoms with van der Waals surface area (Å²) in [7, 11) is 0. The van der Waals surface area contributed by atoms with Gasteiger partial charge in [-0.1, -0.05) is 0 Å². The molecule has 19 heavy (non-hydrogen) atoms. The number of nitrogens with zero attached hydrogens (tertiary/aromatic N) is 1. The molecule has 2 rings (SSSR count). The first-order chi connectivity index (χ1) is 9.06. The second-order valence-electron chi connectivity index (χ2n) is 5.55. The molecular weight excluding hydrogens is 248 g/mol. The minimum Gasteiger partial charge on any atom is -0.481 e. The van der Waals surface area contributed by atoms with Gasteiger partial charge in [0.05, 0.1) is 12.0 Å². The van der Waals surface area contributed by atoms with E-state index in [-0.39, 0.29) is 24.1 Å². The van der Waals surface area contributed by atoms with Crippen LogP contribution in [0.2, 0.25) is 0 Å². The van der Waals surface area contributed by atoms with Crippen LogP contribution < -0.4 is 5.32 Å². The fraction of sp³-hybridized carbons (Fsp3) is 0.846. The normalized spacial score (nSPS) is 29.0. The minimum absolute atomic E-state index is 0.0781. The van der Waals surface area contributed by atoms with Crippen LogP contribution in [0.3, 0.4) is 0 Å². The van der Waals surface area contributed by atoms with E-state index in [9.17, 15) is 14.7 Å². The van der Waals surface area contributed by atoms with Crippen molar-refractivity contribution in [2.24, 2.45) is 5.92 Å². The summed E-state index contributed by atoms with van der Waals surface area (Å²) >= 11 is 0. The summed E-state index contributed by atoms with van der Waals surface area (Å²) in [5.74, 6) is -0.979. The molecule has 1 aliphatic heterocycles. The van der Waals surface area contributed by atoms with Crippen LogP contribution in [0.15, 0.2) is 0 Å². The second-order valence-corrected chi connectivity index (χ2v) is 5.55. The van der Waals surface area contributed by atoms with Gasteiger partial charge in [-0.05, 0) is 38.5 Å². The van der Waals surface area contributed by atoms with Crippen molar-refractivity contribution in [3.63, 3.8) is 0 Å². The van der Waals surface area contributed by atoms with Gasteiger partial charge in [0.15, 0.2) is 0 Å². The number of rotatable bonds is 2. The number of amides is 2. The first-order valence-corrected chi connectivity index (χ1v) is 7.02. The van der Waals surface area contributed by atoms with E-state index in [1.54, 1.807) is 4.90 Å². The van der Waals surface area contributed by atoms with Crippen LogP contribution in [-0.2, 0) is 4.79 Å². The van der Waals surface area contributed by atoms with E-state index in [2.05, 4.69) is 5.32 Å². The van der Waals surface area contributed by atoms with Gasteiger partial charge in [-0.3, -0.25) is 4.79 Å². The van der Waals surface area contributed by atoms with Gasteiger partial charge in [-0.25, -0.2) is 4.79 Å². The van der Waals surface area contributed by atoms with Gasteiger partial charge in [0, 0.05) is 19.1 Å². The molecule has 1 aliphatic carbocycles. The van der Waals surface area contributed by atoms with Crippen molar-refractivity contribution in [1.29, 1.82) is 0 Å². The maximum Gasteiger partial charge on any atom is 0.317 e. The van der Waals surface area contributed by atoms with Crippen LogP contribution in [0.25, 0.3) is 0 Å². The van der Waals surface area contributed by atoms with Crippen LogP contribution in [-0.4, -0.2) is 52.3 Å². The number of carbonyl (C=O) groups is 2. The number of likely N-dealkylation sites (tertiary alicyclic amines) is 1. The molecule has 1 saturated heterocycles. The van der Waals surface area contributed by atoms with Crippen molar-refractivity contribution in [3.8, 4) is 0 Å². The fourth-order valence-electron chi connectivity index (χ4n) is 2.82. The van der Waals surface area contributed by atoms with Crippen LogP contribution in [0.4, 0.5) is 4.79 Å². The molecule has 2 amide bonds. The molecule has 0 atom stereocenters. The van der Waals surface area contributed by atoms with Gasteiger partial charge in [0.1, 0.15) is 0 Å². The number of piperidine rings is 1. The number of aliphatic hydroxyl groups is 1. The molecule has 6 nitrogen and oxygen atoms in total. The predicted molar refractivity (Wildman–Crippen MR) is 68.7 cm³/mol. The zero-order valence-corrected chi connectivity index (χ0v) is 11.0. The molecule has 3 N–H and O–H groups in total. The number of aliphatic hydroxyl groups excluding tert-OH is 1. The first-order valence-electron chi connectivity index (χ1n) is 7.02. The van der Waals surface area contributed by atoms with E-state index < -0.39 is 5.97 Å². The average molecular weight is 270 g/mol. The number of carbonyl (C=O) groups excluding carboxylic acids is 1. The highest BCUT2D eigenvalue weighted by Gasteiger charge is 2.28. The Morgan fingerprint density at radius 2 is 1.58 bits per heavy atom. The maximum absolute atomic E-state index is 12.0. The SMILES string of the molecule is O=C(O)C1CCC(NC(=O)N2CCC(O)CC2)CC1. The van der Waals surface area contributed by atoms with Crippen LogP contribution in [0.5, 0.6) is 0 Å².